The first-order valence-corrected chi connectivity index (χ1v) is 6.14. The SMILES string of the molecule is COC(=O)C(C)CN(C)C(=O)COc1ccccc1F. The van der Waals surface area contributed by atoms with Crippen LogP contribution in [0.2, 0.25) is 0 Å². The maximum atomic E-state index is 13.3. The highest BCUT2D eigenvalue weighted by molar-refractivity contribution is 5.78. The van der Waals surface area contributed by atoms with Crippen LogP contribution in [0.15, 0.2) is 24.3 Å². The van der Waals surface area contributed by atoms with Gasteiger partial charge < -0.3 is 14.4 Å². The summed E-state index contributed by atoms with van der Waals surface area (Å²) in [5, 5.41) is 0. The number of methoxy groups -OCH3 is 1. The number of ether oxygens (including phenoxy) is 2. The van der Waals surface area contributed by atoms with Crippen molar-refractivity contribution in [2.24, 2.45) is 5.92 Å². The van der Waals surface area contributed by atoms with E-state index < -0.39 is 11.7 Å². The molecule has 110 valence electrons. The molecule has 0 aliphatic rings. The van der Waals surface area contributed by atoms with Gasteiger partial charge in [-0.15, -0.1) is 0 Å². The van der Waals surface area contributed by atoms with Crippen LogP contribution in [0.4, 0.5) is 4.39 Å². The third-order valence-electron chi connectivity index (χ3n) is 2.76. The summed E-state index contributed by atoms with van der Waals surface area (Å²) < 4.78 is 23.0. The normalized spacial score (nSPS) is 11.6. The number of benzene rings is 1. The van der Waals surface area contributed by atoms with E-state index >= 15 is 0 Å². The molecular formula is C14H18FNO4. The maximum absolute atomic E-state index is 13.3. The van der Waals surface area contributed by atoms with Crippen molar-refractivity contribution in [3.05, 3.63) is 30.1 Å². The molecule has 0 radical (unpaired) electrons. The van der Waals surface area contributed by atoms with Crippen molar-refractivity contribution >= 4 is 11.9 Å². The number of para-hydroxylation sites is 1. The first kappa shape index (κ1) is 15.9. The molecule has 0 aliphatic carbocycles. The largest absolute Gasteiger partial charge is 0.481 e. The van der Waals surface area contributed by atoms with Crippen LogP contribution in [0.5, 0.6) is 5.75 Å². The van der Waals surface area contributed by atoms with Crippen molar-refractivity contribution in [2.45, 2.75) is 6.92 Å². The average Bonchev–Trinajstić information content (AvgIpc) is 2.44. The van der Waals surface area contributed by atoms with Crippen LogP contribution in [-0.2, 0) is 14.3 Å². The Morgan fingerprint density at radius 3 is 2.60 bits per heavy atom. The van der Waals surface area contributed by atoms with Crippen LogP contribution in [0, 0.1) is 11.7 Å². The summed E-state index contributed by atoms with van der Waals surface area (Å²) in [6, 6.07) is 5.85. The summed E-state index contributed by atoms with van der Waals surface area (Å²) >= 11 is 0. The molecule has 0 fully saturated rings. The Bertz CT molecular complexity index is 478. The van der Waals surface area contributed by atoms with Gasteiger partial charge in [0, 0.05) is 13.6 Å². The lowest BCUT2D eigenvalue weighted by molar-refractivity contribution is -0.146. The van der Waals surface area contributed by atoms with E-state index in [0.29, 0.717) is 0 Å². The number of rotatable bonds is 6. The van der Waals surface area contributed by atoms with Gasteiger partial charge in [-0.25, -0.2) is 4.39 Å². The van der Waals surface area contributed by atoms with E-state index in [1.807, 2.05) is 0 Å². The Hall–Kier alpha value is -2.11. The molecule has 1 amide bonds. The molecule has 0 bridgehead atoms. The van der Waals surface area contributed by atoms with E-state index in [1.165, 1.54) is 30.2 Å². The monoisotopic (exact) mass is 283 g/mol. The van der Waals surface area contributed by atoms with Crippen molar-refractivity contribution in [2.75, 3.05) is 27.3 Å². The number of amides is 1. The number of esters is 1. The van der Waals surface area contributed by atoms with Crippen molar-refractivity contribution in [3.8, 4) is 5.75 Å². The molecule has 0 saturated heterocycles. The smallest absolute Gasteiger partial charge is 0.310 e. The lowest BCUT2D eigenvalue weighted by Crippen LogP contribution is -2.37. The molecule has 0 heterocycles. The summed E-state index contributed by atoms with van der Waals surface area (Å²) in [5.41, 5.74) is 0. The Kier molecular flexibility index (Phi) is 5.96. The van der Waals surface area contributed by atoms with Crippen molar-refractivity contribution < 1.29 is 23.5 Å². The molecule has 0 saturated carbocycles. The summed E-state index contributed by atoms with van der Waals surface area (Å²) in [6.07, 6.45) is 0. The fourth-order valence-electron chi connectivity index (χ4n) is 1.60. The highest BCUT2D eigenvalue weighted by atomic mass is 19.1. The molecular weight excluding hydrogens is 265 g/mol. The number of carbonyl (C=O) groups excluding carboxylic acids is 2. The average molecular weight is 283 g/mol. The van der Waals surface area contributed by atoms with E-state index in [-0.39, 0.29) is 30.8 Å². The van der Waals surface area contributed by atoms with E-state index in [1.54, 1.807) is 20.0 Å². The van der Waals surface area contributed by atoms with Crippen LogP contribution in [0.25, 0.3) is 0 Å². The Labute approximate surface area is 117 Å². The second-order valence-electron chi connectivity index (χ2n) is 4.42. The molecule has 20 heavy (non-hydrogen) atoms. The molecule has 0 spiro atoms. The van der Waals surface area contributed by atoms with E-state index in [0.717, 1.165) is 0 Å². The van der Waals surface area contributed by atoms with E-state index in [2.05, 4.69) is 4.74 Å². The molecule has 1 rings (SSSR count). The maximum Gasteiger partial charge on any atom is 0.310 e. The lowest BCUT2D eigenvalue weighted by atomic mass is 10.2. The second kappa shape index (κ2) is 7.47. The van der Waals surface area contributed by atoms with E-state index in [9.17, 15) is 14.0 Å². The van der Waals surface area contributed by atoms with Gasteiger partial charge in [0.25, 0.3) is 5.91 Å². The minimum absolute atomic E-state index is 0.0234. The fourth-order valence-corrected chi connectivity index (χ4v) is 1.60. The Morgan fingerprint density at radius 1 is 1.35 bits per heavy atom. The minimum Gasteiger partial charge on any atom is -0.481 e. The van der Waals surface area contributed by atoms with Gasteiger partial charge in [0.1, 0.15) is 0 Å². The van der Waals surface area contributed by atoms with Crippen LogP contribution >= 0.6 is 0 Å². The zero-order valence-corrected chi connectivity index (χ0v) is 11.8. The molecule has 1 atom stereocenters. The molecule has 0 aromatic heterocycles. The molecule has 5 nitrogen and oxygen atoms in total. The van der Waals surface area contributed by atoms with E-state index in [4.69, 9.17) is 4.74 Å². The van der Waals surface area contributed by atoms with Gasteiger partial charge in [0.05, 0.1) is 13.0 Å². The van der Waals surface area contributed by atoms with Gasteiger partial charge in [-0.3, -0.25) is 9.59 Å². The van der Waals surface area contributed by atoms with Gasteiger partial charge in [-0.05, 0) is 12.1 Å². The predicted molar refractivity (Wildman–Crippen MR) is 70.7 cm³/mol. The summed E-state index contributed by atoms with van der Waals surface area (Å²) in [6.45, 7) is 1.59. The highest BCUT2D eigenvalue weighted by Crippen LogP contribution is 2.15. The van der Waals surface area contributed by atoms with Gasteiger partial charge in [-0.1, -0.05) is 19.1 Å². The van der Waals surface area contributed by atoms with Crippen LogP contribution < -0.4 is 4.74 Å². The van der Waals surface area contributed by atoms with Crippen LogP contribution in [0.3, 0.4) is 0 Å². The Morgan fingerprint density at radius 2 is 2.00 bits per heavy atom. The first-order valence-electron chi connectivity index (χ1n) is 6.14. The number of hydrogen-bond acceptors (Lipinski definition) is 4. The number of hydrogen-bond donors (Lipinski definition) is 0. The zero-order chi connectivity index (χ0) is 15.1. The van der Waals surface area contributed by atoms with Gasteiger partial charge in [0.15, 0.2) is 18.2 Å². The fraction of sp³-hybridized carbons (Fsp3) is 0.429. The predicted octanol–water partition coefficient (Wildman–Crippen LogP) is 1.47. The quantitative estimate of drug-likeness (QED) is 0.742. The Balaban J connectivity index is 2.46. The van der Waals surface area contributed by atoms with Crippen molar-refractivity contribution in [3.63, 3.8) is 0 Å². The molecule has 0 N–H and O–H groups in total. The molecule has 1 aromatic carbocycles. The summed E-state index contributed by atoms with van der Waals surface area (Å²) in [4.78, 5) is 24.4. The second-order valence-corrected chi connectivity index (χ2v) is 4.42. The summed E-state index contributed by atoms with van der Waals surface area (Å²) in [5.74, 6) is -1.66. The van der Waals surface area contributed by atoms with Crippen molar-refractivity contribution in [1.29, 1.82) is 0 Å². The number of nitrogens with zero attached hydrogens (tertiary/aromatic N) is 1. The number of carbonyl (C=O) groups is 2. The summed E-state index contributed by atoms with van der Waals surface area (Å²) in [7, 11) is 2.84. The van der Waals surface area contributed by atoms with Gasteiger partial charge >= 0.3 is 5.97 Å². The molecule has 0 aliphatic heterocycles. The molecule has 1 aromatic rings. The molecule has 6 heteroatoms. The highest BCUT2D eigenvalue weighted by Gasteiger charge is 2.19. The zero-order valence-electron chi connectivity index (χ0n) is 11.8. The van der Waals surface area contributed by atoms with Crippen molar-refractivity contribution in [1.82, 2.24) is 4.90 Å². The standard InChI is InChI=1S/C14H18FNO4/c1-10(14(18)19-3)8-16(2)13(17)9-20-12-7-5-4-6-11(12)15/h4-7,10H,8-9H2,1-3H3. The third-order valence-corrected chi connectivity index (χ3v) is 2.76. The molecule has 1 unspecified atom stereocenters. The topological polar surface area (TPSA) is 55.8 Å². The number of likely N-dealkylation sites (N-methyl/N-ethyl adjacent to an activating group) is 1. The van der Waals surface area contributed by atoms with Gasteiger partial charge in [-0.2, -0.15) is 0 Å². The van der Waals surface area contributed by atoms with Crippen LogP contribution in [0.1, 0.15) is 6.92 Å². The first-order chi connectivity index (χ1) is 9.45. The minimum atomic E-state index is -0.522. The third kappa shape index (κ3) is 4.53. The lowest BCUT2D eigenvalue weighted by Gasteiger charge is -2.20. The number of halogens is 1. The van der Waals surface area contributed by atoms with Gasteiger partial charge in [0.2, 0.25) is 0 Å². The van der Waals surface area contributed by atoms with Crippen LogP contribution in [-0.4, -0.2) is 44.1 Å².